The summed E-state index contributed by atoms with van der Waals surface area (Å²) in [6, 6.07) is 15.0. The van der Waals surface area contributed by atoms with Crippen molar-refractivity contribution in [2.75, 3.05) is 6.61 Å². The maximum Gasteiger partial charge on any atom is 0.338 e. The second-order valence-corrected chi connectivity index (χ2v) is 8.34. The van der Waals surface area contributed by atoms with Gasteiger partial charge in [0.2, 0.25) is 5.88 Å². The first-order chi connectivity index (χ1) is 16.0. The zero-order valence-corrected chi connectivity index (χ0v) is 20.7. The summed E-state index contributed by atoms with van der Waals surface area (Å²) in [7, 11) is 0. The summed E-state index contributed by atoms with van der Waals surface area (Å²) in [5.41, 5.74) is 3.69. The Kier molecular flexibility index (Phi) is 6.94. The molecule has 2 aromatic heterocycles. The Bertz CT molecular complexity index is 1400. The molecule has 0 spiro atoms. The lowest BCUT2D eigenvalue weighted by Crippen LogP contribution is -2.06. The monoisotopic (exact) mass is 551 g/mol. The molecular formula is C26H22IN3O3. The van der Waals surface area contributed by atoms with Crippen LogP contribution in [0.2, 0.25) is 0 Å². The van der Waals surface area contributed by atoms with Gasteiger partial charge in [-0.05, 0) is 72.8 Å². The van der Waals surface area contributed by atoms with E-state index < -0.39 is 0 Å². The maximum atomic E-state index is 12.2. The largest absolute Gasteiger partial charge is 0.462 e. The third-order valence-corrected chi connectivity index (χ3v) is 5.72. The summed E-state index contributed by atoms with van der Waals surface area (Å²) in [5.74, 6) is 7.09. The minimum absolute atomic E-state index is 0.321. The van der Waals surface area contributed by atoms with Gasteiger partial charge in [0.15, 0.2) is 0 Å². The molecule has 0 N–H and O–H groups in total. The number of fused-ring (bicyclic) bond motifs is 1. The van der Waals surface area contributed by atoms with Crippen molar-refractivity contribution in [2.45, 2.75) is 27.2 Å². The molecule has 0 saturated heterocycles. The number of carbonyl (C=O) groups is 1. The van der Waals surface area contributed by atoms with E-state index in [0.29, 0.717) is 23.8 Å². The highest BCUT2D eigenvalue weighted by atomic mass is 127. The SMILES string of the molecule is CCC#Cc1cc2c(C)nn(-c3cccc(C(=O)OCC)c3)c2cc1Oc1ncccc1I. The molecule has 7 heteroatoms. The van der Waals surface area contributed by atoms with Crippen LogP contribution >= 0.6 is 22.6 Å². The Labute approximate surface area is 206 Å². The summed E-state index contributed by atoms with van der Waals surface area (Å²) in [6.45, 7) is 6.07. The number of rotatable bonds is 5. The highest BCUT2D eigenvalue weighted by Gasteiger charge is 2.16. The van der Waals surface area contributed by atoms with Gasteiger partial charge in [0.1, 0.15) is 5.75 Å². The van der Waals surface area contributed by atoms with Crippen LogP contribution in [0.25, 0.3) is 16.6 Å². The van der Waals surface area contributed by atoms with Gasteiger partial charge in [0.05, 0.1) is 38.2 Å². The third-order valence-electron chi connectivity index (χ3n) is 4.90. The maximum absolute atomic E-state index is 12.2. The molecular weight excluding hydrogens is 529 g/mol. The smallest absolute Gasteiger partial charge is 0.338 e. The van der Waals surface area contributed by atoms with Crippen LogP contribution in [-0.2, 0) is 4.74 Å². The lowest BCUT2D eigenvalue weighted by molar-refractivity contribution is 0.0526. The van der Waals surface area contributed by atoms with E-state index in [4.69, 9.17) is 14.6 Å². The molecule has 0 saturated carbocycles. The predicted octanol–water partition coefficient (Wildman–Crippen LogP) is 6.06. The Morgan fingerprint density at radius 1 is 1.15 bits per heavy atom. The molecule has 0 radical (unpaired) electrons. The summed E-state index contributed by atoms with van der Waals surface area (Å²) >= 11 is 2.20. The van der Waals surface area contributed by atoms with Crippen molar-refractivity contribution >= 4 is 39.5 Å². The second kappa shape index (κ2) is 10.0. The van der Waals surface area contributed by atoms with Crippen LogP contribution in [-0.4, -0.2) is 27.3 Å². The first-order valence-electron chi connectivity index (χ1n) is 10.6. The molecule has 4 aromatic rings. The van der Waals surface area contributed by atoms with Gasteiger partial charge in [0.25, 0.3) is 0 Å². The molecule has 0 atom stereocenters. The van der Waals surface area contributed by atoms with Crippen LogP contribution in [0.4, 0.5) is 0 Å². The lowest BCUT2D eigenvalue weighted by atomic mass is 10.1. The molecule has 166 valence electrons. The van der Waals surface area contributed by atoms with E-state index in [-0.39, 0.29) is 5.97 Å². The van der Waals surface area contributed by atoms with Gasteiger partial charge >= 0.3 is 5.97 Å². The minimum atomic E-state index is -0.363. The molecule has 0 unspecified atom stereocenters. The quantitative estimate of drug-likeness (QED) is 0.171. The van der Waals surface area contributed by atoms with Crippen LogP contribution in [0, 0.1) is 22.3 Å². The molecule has 6 nitrogen and oxygen atoms in total. The van der Waals surface area contributed by atoms with Gasteiger partial charge in [-0.1, -0.05) is 24.8 Å². The minimum Gasteiger partial charge on any atom is -0.462 e. The summed E-state index contributed by atoms with van der Waals surface area (Å²) < 4.78 is 14.1. The van der Waals surface area contributed by atoms with E-state index in [2.05, 4.69) is 39.4 Å². The van der Waals surface area contributed by atoms with E-state index in [0.717, 1.165) is 37.8 Å². The Morgan fingerprint density at radius 3 is 2.76 bits per heavy atom. The van der Waals surface area contributed by atoms with E-state index in [1.807, 2.05) is 50.2 Å². The van der Waals surface area contributed by atoms with Crippen LogP contribution < -0.4 is 4.74 Å². The van der Waals surface area contributed by atoms with Crippen molar-refractivity contribution in [3.8, 4) is 29.2 Å². The molecule has 0 aliphatic rings. The first kappa shape index (κ1) is 22.8. The van der Waals surface area contributed by atoms with Gasteiger partial charge in [-0.3, -0.25) is 0 Å². The molecule has 0 bridgehead atoms. The number of benzene rings is 2. The molecule has 2 aromatic carbocycles. The van der Waals surface area contributed by atoms with E-state index in [9.17, 15) is 4.79 Å². The van der Waals surface area contributed by atoms with Crippen LogP contribution in [0.1, 0.15) is 41.9 Å². The van der Waals surface area contributed by atoms with Gasteiger partial charge in [0, 0.05) is 24.1 Å². The Balaban J connectivity index is 1.87. The second-order valence-electron chi connectivity index (χ2n) is 7.18. The van der Waals surface area contributed by atoms with Gasteiger partial charge in [-0.2, -0.15) is 5.10 Å². The van der Waals surface area contributed by atoms with Gasteiger partial charge in [-0.25, -0.2) is 14.5 Å². The average molecular weight is 551 g/mol. The topological polar surface area (TPSA) is 66.2 Å². The van der Waals surface area contributed by atoms with E-state index in [1.165, 1.54) is 0 Å². The Hall–Kier alpha value is -3.38. The average Bonchev–Trinajstić information content (AvgIpc) is 3.14. The molecule has 4 rings (SSSR count). The van der Waals surface area contributed by atoms with Crippen LogP contribution in [0.5, 0.6) is 11.6 Å². The van der Waals surface area contributed by atoms with Crippen molar-refractivity contribution in [3.63, 3.8) is 0 Å². The molecule has 0 aliphatic heterocycles. The highest BCUT2D eigenvalue weighted by Crippen LogP contribution is 2.33. The van der Waals surface area contributed by atoms with E-state index in [1.54, 1.807) is 29.9 Å². The van der Waals surface area contributed by atoms with Crippen molar-refractivity contribution in [2.24, 2.45) is 0 Å². The highest BCUT2D eigenvalue weighted by molar-refractivity contribution is 14.1. The van der Waals surface area contributed by atoms with Crippen LogP contribution in [0.3, 0.4) is 0 Å². The first-order valence-corrected chi connectivity index (χ1v) is 11.7. The van der Waals surface area contributed by atoms with Crippen molar-refractivity contribution in [1.29, 1.82) is 0 Å². The fourth-order valence-electron chi connectivity index (χ4n) is 3.38. The van der Waals surface area contributed by atoms with Crippen molar-refractivity contribution < 1.29 is 14.3 Å². The Morgan fingerprint density at radius 2 is 2.00 bits per heavy atom. The third kappa shape index (κ3) is 4.86. The molecule has 0 amide bonds. The number of aryl methyl sites for hydroxylation is 1. The number of hydrogen-bond donors (Lipinski definition) is 0. The number of esters is 1. The van der Waals surface area contributed by atoms with Crippen LogP contribution in [0.15, 0.2) is 54.7 Å². The molecule has 0 fully saturated rings. The predicted molar refractivity (Wildman–Crippen MR) is 136 cm³/mol. The standard InChI is InChI=1S/C26H22IN3O3/c1-4-6-9-18-15-21-17(3)29-30(20-11-7-10-19(14-20)26(31)32-5-2)23(21)16-24(18)33-25-22(27)12-8-13-28-25/h7-8,10-16H,4-5H2,1-3H3. The van der Waals surface area contributed by atoms with E-state index >= 15 is 0 Å². The lowest BCUT2D eigenvalue weighted by Gasteiger charge is -2.11. The summed E-state index contributed by atoms with van der Waals surface area (Å²) in [5, 5.41) is 5.70. The number of ether oxygens (including phenoxy) is 2. The number of aromatic nitrogens is 3. The summed E-state index contributed by atoms with van der Waals surface area (Å²) in [4.78, 5) is 16.6. The number of halogens is 1. The molecule has 2 heterocycles. The molecule has 33 heavy (non-hydrogen) atoms. The van der Waals surface area contributed by atoms with Gasteiger partial charge < -0.3 is 9.47 Å². The zero-order valence-electron chi connectivity index (χ0n) is 18.6. The fourth-order valence-corrected chi connectivity index (χ4v) is 3.84. The zero-order chi connectivity index (χ0) is 23.4. The summed E-state index contributed by atoms with van der Waals surface area (Å²) in [6.07, 6.45) is 2.43. The van der Waals surface area contributed by atoms with Crippen molar-refractivity contribution in [1.82, 2.24) is 14.8 Å². The molecule has 0 aliphatic carbocycles. The number of carbonyl (C=O) groups excluding carboxylic acids is 1. The van der Waals surface area contributed by atoms with Gasteiger partial charge in [-0.15, -0.1) is 0 Å². The number of nitrogens with zero attached hydrogens (tertiary/aromatic N) is 3. The number of pyridine rings is 1. The van der Waals surface area contributed by atoms with Crippen molar-refractivity contribution in [3.05, 3.63) is 75.1 Å². The fraction of sp³-hybridized carbons (Fsp3) is 0.192. The number of hydrogen-bond acceptors (Lipinski definition) is 5. The normalized spacial score (nSPS) is 10.5.